The maximum atomic E-state index is 10.7. The van der Waals surface area contributed by atoms with Crippen molar-refractivity contribution >= 4 is 17.7 Å². The van der Waals surface area contributed by atoms with Gasteiger partial charge < -0.3 is 10.1 Å². The summed E-state index contributed by atoms with van der Waals surface area (Å²) in [5.41, 5.74) is 3.94. The monoisotopic (exact) mass is 245 g/mol. The van der Waals surface area contributed by atoms with Gasteiger partial charge in [0.15, 0.2) is 0 Å². The van der Waals surface area contributed by atoms with Gasteiger partial charge in [0, 0.05) is 0 Å². The van der Waals surface area contributed by atoms with E-state index in [2.05, 4.69) is 15.6 Å². The van der Waals surface area contributed by atoms with E-state index in [-0.39, 0.29) is 5.82 Å². The highest BCUT2D eigenvalue weighted by molar-refractivity contribution is 5.84. The van der Waals surface area contributed by atoms with Crippen LogP contribution < -0.4 is 5.43 Å². The lowest BCUT2D eigenvalue weighted by Gasteiger charge is -1.97. The number of aromatic nitrogens is 2. The van der Waals surface area contributed by atoms with Gasteiger partial charge in [0.25, 0.3) is 0 Å². The Balaban J connectivity index is 2.12. The van der Waals surface area contributed by atoms with Crippen LogP contribution in [0.1, 0.15) is 5.56 Å². The number of hydrazone groups is 1. The van der Waals surface area contributed by atoms with Crippen molar-refractivity contribution in [1.82, 2.24) is 9.78 Å². The lowest BCUT2D eigenvalue weighted by molar-refractivity contribution is -0.389. The standard InChI is InChI=1S/C11H11N5O2/c1-15-8-9(11(14-15)16(17)18)7-12-13-10-5-3-2-4-6-10/h2-8,13H,1H3. The zero-order valence-corrected chi connectivity index (χ0v) is 9.65. The molecule has 92 valence electrons. The number of nitro groups is 1. The summed E-state index contributed by atoms with van der Waals surface area (Å²) in [6.45, 7) is 0. The second kappa shape index (κ2) is 5.09. The van der Waals surface area contributed by atoms with Gasteiger partial charge in [0.1, 0.15) is 5.56 Å². The molecule has 0 atom stereocenters. The lowest BCUT2D eigenvalue weighted by Crippen LogP contribution is -1.95. The normalized spacial score (nSPS) is 10.7. The second-order valence-electron chi connectivity index (χ2n) is 3.57. The fourth-order valence-electron chi connectivity index (χ4n) is 1.42. The SMILES string of the molecule is Cn1cc(C=NNc2ccccc2)c([N+](=O)[O-])n1. The van der Waals surface area contributed by atoms with Crippen molar-refractivity contribution in [3.05, 3.63) is 52.2 Å². The zero-order chi connectivity index (χ0) is 13.0. The van der Waals surface area contributed by atoms with Gasteiger partial charge >= 0.3 is 5.82 Å². The van der Waals surface area contributed by atoms with E-state index in [1.165, 1.54) is 17.1 Å². The number of aryl methyl sites for hydroxylation is 1. The fraction of sp³-hybridized carbons (Fsp3) is 0.0909. The number of para-hydroxylation sites is 1. The van der Waals surface area contributed by atoms with Crippen molar-refractivity contribution in [2.75, 3.05) is 5.43 Å². The molecule has 2 rings (SSSR count). The fourth-order valence-corrected chi connectivity index (χ4v) is 1.42. The molecule has 0 spiro atoms. The highest BCUT2D eigenvalue weighted by Crippen LogP contribution is 2.12. The number of nitrogens with zero attached hydrogens (tertiary/aromatic N) is 4. The van der Waals surface area contributed by atoms with Gasteiger partial charge in [0.2, 0.25) is 0 Å². The molecule has 1 aromatic carbocycles. The first-order valence-electron chi connectivity index (χ1n) is 5.19. The van der Waals surface area contributed by atoms with Crippen molar-refractivity contribution in [2.45, 2.75) is 0 Å². The van der Waals surface area contributed by atoms with Gasteiger partial charge in [0.05, 0.1) is 30.2 Å². The van der Waals surface area contributed by atoms with Crippen LogP contribution in [0.25, 0.3) is 0 Å². The molecule has 0 aliphatic rings. The van der Waals surface area contributed by atoms with Crippen LogP contribution in [0.2, 0.25) is 0 Å². The van der Waals surface area contributed by atoms with Crippen LogP contribution in [-0.2, 0) is 7.05 Å². The number of benzene rings is 1. The zero-order valence-electron chi connectivity index (χ0n) is 9.65. The highest BCUT2D eigenvalue weighted by atomic mass is 16.6. The van der Waals surface area contributed by atoms with Crippen molar-refractivity contribution in [3.8, 4) is 0 Å². The maximum absolute atomic E-state index is 10.7. The average molecular weight is 245 g/mol. The summed E-state index contributed by atoms with van der Waals surface area (Å²) < 4.78 is 1.38. The van der Waals surface area contributed by atoms with Crippen molar-refractivity contribution < 1.29 is 4.92 Å². The molecular formula is C11H11N5O2. The Labute approximate surface area is 103 Å². The largest absolute Gasteiger partial charge is 0.398 e. The summed E-state index contributed by atoms with van der Waals surface area (Å²) in [7, 11) is 1.62. The first-order chi connectivity index (χ1) is 8.66. The Hall–Kier alpha value is -2.70. The first-order valence-corrected chi connectivity index (χ1v) is 5.19. The van der Waals surface area contributed by atoms with Crippen LogP contribution in [0.5, 0.6) is 0 Å². The summed E-state index contributed by atoms with van der Waals surface area (Å²) in [6.07, 6.45) is 2.91. The van der Waals surface area contributed by atoms with Gasteiger partial charge in [-0.2, -0.15) is 9.78 Å². The molecule has 0 radical (unpaired) electrons. The smallest absolute Gasteiger partial charge is 0.358 e. The molecule has 0 aliphatic heterocycles. The van der Waals surface area contributed by atoms with Gasteiger partial charge in [-0.15, -0.1) is 0 Å². The molecule has 1 N–H and O–H groups in total. The van der Waals surface area contributed by atoms with Gasteiger partial charge in [-0.1, -0.05) is 18.2 Å². The molecule has 0 bridgehead atoms. The van der Waals surface area contributed by atoms with E-state index in [1.54, 1.807) is 7.05 Å². The molecule has 2 aromatic rings. The molecule has 18 heavy (non-hydrogen) atoms. The van der Waals surface area contributed by atoms with Crippen LogP contribution in [0.15, 0.2) is 41.6 Å². The molecule has 0 saturated carbocycles. The maximum Gasteiger partial charge on any atom is 0.398 e. The highest BCUT2D eigenvalue weighted by Gasteiger charge is 2.17. The van der Waals surface area contributed by atoms with Gasteiger partial charge in [-0.25, -0.2) is 0 Å². The van der Waals surface area contributed by atoms with Crippen LogP contribution in [0, 0.1) is 10.1 Å². The predicted molar refractivity (Wildman–Crippen MR) is 67.5 cm³/mol. The predicted octanol–water partition coefficient (Wildman–Crippen LogP) is 1.77. The Morgan fingerprint density at radius 1 is 1.44 bits per heavy atom. The lowest BCUT2D eigenvalue weighted by atomic mass is 10.3. The van der Waals surface area contributed by atoms with E-state index < -0.39 is 4.92 Å². The third-order valence-electron chi connectivity index (χ3n) is 2.18. The van der Waals surface area contributed by atoms with Crippen molar-refractivity contribution in [2.24, 2.45) is 12.1 Å². The molecule has 1 heterocycles. The molecule has 0 fully saturated rings. The first kappa shape index (κ1) is 11.8. The Morgan fingerprint density at radius 2 is 2.17 bits per heavy atom. The second-order valence-corrected chi connectivity index (χ2v) is 3.57. The van der Waals surface area contributed by atoms with Crippen LogP contribution in [-0.4, -0.2) is 20.9 Å². The minimum Gasteiger partial charge on any atom is -0.358 e. The molecular weight excluding hydrogens is 234 g/mol. The van der Waals surface area contributed by atoms with E-state index >= 15 is 0 Å². The summed E-state index contributed by atoms with van der Waals surface area (Å²) >= 11 is 0. The molecule has 0 amide bonds. The van der Waals surface area contributed by atoms with Crippen LogP contribution in [0.4, 0.5) is 11.5 Å². The average Bonchev–Trinajstić information content (AvgIpc) is 2.72. The van der Waals surface area contributed by atoms with Crippen molar-refractivity contribution in [3.63, 3.8) is 0 Å². The Bertz CT molecular complexity index is 576. The molecule has 1 aromatic heterocycles. The summed E-state index contributed by atoms with van der Waals surface area (Å²) in [5.74, 6) is -0.212. The summed E-state index contributed by atoms with van der Waals surface area (Å²) in [6, 6.07) is 9.31. The quantitative estimate of drug-likeness (QED) is 0.505. The number of anilines is 1. The van der Waals surface area contributed by atoms with Crippen LogP contribution in [0.3, 0.4) is 0 Å². The Kier molecular flexibility index (Phi) is 3.33. The summed E-state index contributed by atoms with van der Waals surface area (Å²) in [5, 5.41) is 18.4. The van der Waals surface area contributed by atoms with E-state index in [0.29, 0.717) is 5.56 Å². The van der Waals surface area contributed by atoms with Crippen LogP contribution >= 0.6 is 0 Å². The third kappa shape index (κ3) is 2.70. The third-order valence-corrected chi connectivity index (χ3v) is 2.18. The minimum atomic E-state index is -0.538. The van der Waals surface area contributed by atoms with Crippen molar-refractivity contribution in [1.29, 1.82) is 0 Å². The number of hydrogen-bond acceptors (Lipinski definition) is 5. The number of hydrogen-bond donors (Lipinski definition) is 1. The van der Waals surface area contributed by atoms with E-state index in [4.69, 9.17) is 0 Å². The molecule has 7 nitrogen and oxygen atoms in total. The Morgan fingerprint density at radius 3 is 2.83 bits per heavy atom. The number of nitrogens with one attached hydrogen (secondary N) is 1. The van der Waals surface area contributed by atoms with E-state index in [1.807, 2.05) is 30.3 Å². The van der Waals surface area contributed by atoms with E-state index in [0.717, 1.165) is 5.69 Å². The summed E-state index contributed by atoms with van der Waals surface area (Å²) in [4.78, 5) is 10.2. The molecule has 0 aliphatic carbocycles. The minimum absolute atomic E-state index is 0.212. The molecule has 7 heteroatoms. The van der Waals surface area contributed by atoms with Gasteiger partial charge in [-0.3, -0.25) is 5.43 Å². The molecule has 0 saturated heterocycles. The topological polar surface area (TPSA) is 85.3 Å². The number of rotatable bonds is 4. The van der Waals surface area contributed by atoms with Gasteiger partial charge in [-0.05, 0) is 17.1 Å². The van der Waals surface area contributed by atoms with E-state index in [9.17, 15) is 10.1 Å². The molecule has 0 unspecified atom stereocenters.